The van der Waals surface area contributed by atoms with Crippen molar-refractivity contribution in [3.8, 4) is 0 Å². The predicted molar refractivity (Wildman–Crippen MR) is 74.4 cm³/mol. The fourth-order valence-electron chi connectivity index (χ4n) is 3.11. The molecule has 0 radical (unpaired) electrons. The van der Waals surface area contributed by atoms with Crippen LogP contribution in [-0.2, 0) is 9.53 Å². The first kappa shape index (κ1) is 15.5. The van der Waals surface area contributed by atoms with Gasteiger partial charge in [-0.05, 0) is 51.4 Å². The van der Waals surface area contributed by atoms with Gasteiger partial charge in [0.2, 0.25) is 0 Å². The summed E-state index contributed by atoms with van der Waals surface area (Å²) in [4.78, 5) is 11.7. The highest BCUT2D eigenvalue weighted by molar-refractivity contribution is 5.72. The van der Waals surface area contributed by atoms with Gasteiger partial charge in [0.1, 0.15) is 5.60 Å². The molecule has 0 spiro atoms. The molecule has 0 bridgehead atoms. The quantitative estimate of drug-likeness (QED) is 0.787. The topological polar surface area (TPSA) is 38.3 Å². The van der Waals surface area contributed by atoms with E-state index in [1.807, 2.05) is 20.8 Å². The molecule has 0 saturated heterocycles. The van der Waals surface area contributed by atoms with Gasteiger partial charge in [-0.25, -0.2) is 0 Å². The van der Waals surface area contributed by atoms with Crippen LogP contribution >= 0.6 is 0 Å². The number of hydrogen-bond acceptors (Lipinski definition) is 3. The SMILES string of the molecule is CC1CC(NCC(=O)OC(C)(C)C)CC(C)(C)C1. The predicted octanol–water partition coefficient (Wildman–Crippen LogP) is 3.13. The zero-order chi connectivity index (χ0) is 14.0. The Bertz CT molecular complexity index is 291. The van der Waals surface area contributed by atoms with Gasteiger partial charge in [0, 0.05) is 6.04 Å². The number of carbonyl (C=O) groups excluding carboxylic acids is 1. The Balaban J connectivity index is 2.37. The second-order valence-electron chi connectivity index (χ2n) is 7.58. The molecule has 0 aromatic rings. The third kappa shape index (κ3) is 5.85. The normalized spacial score (nSPS) is 27.9. The average Bonchev–Trinajstić information content (AvgIpc) is 2.08. The van der Waals surface area contributed by atoms with Gasteiger partial charge in [-0.3, -0.25) is 4.79 Å². The van der Waals surface area contributed by atoms with E-state index in [1.165, 1.54) is 6.42 Å². The Labute approximate surface area is 112 Å². The lowest BCUT2D eigenvalue weighted by Gasteiger charge is -2.39. The lowest BCUT2D eigenvalue weighted by Crippen LogP contribution is -2.43. The van der Waals surface area contributed by atoms with Crippen LogP contribution in [0, 0.1) is 11.3 Å². The van der Waals surface area contributed by atoms with Crippen molar-refractivity contribution < 1.29 is 9.53 Å². The Kier molecular flexibility index (Phi) is 4.82. The Morgan fingerprint density at radius 3 is 2.44 bits per heavy atom. The fourth-order valence-corrected chi connectivity index (χ4v) is 3.11. The molecule has 1 aliphatic carbocycles. The third-order valence-electron chi connectivity index (χ3n) is 3.34. The third-order valence-corrected chi connectivity index (χ3v) is 3.34. The maximum Gasteiger partial charge on any atom is 0.320 e. The van der Waals surface area contributed by atoms with Crippen LogP contribution in [0.1, 0.15) is 60.8 Å². The smallest absolute Gasteiger partial charge is 0.320 e. The van der Waals surface area contributed by atoms with E-state index in [9.17, 15) is 4.79 Å². The van der Waals surface area contributed by atoms with E-state index < -0.39 is 5.60 Å². The lowest BCUT2D eigenvalue weighted by atomic mass is 9.70. The average molecular weight is 255 g/mol. The van der Waals surface area contributed by atoms with E-state index in [2.05, 4.69) is 26.1 Å². The second kappa shape index (κ2) is 5.60. The van der Waals surface area contributed by atoms with E-state index in [0.717, 1.165) is 18.8 Å². The van der Waals surface area contributed by atoms with Crippen molar-refractivity contribution in [3.05, 3.63) is 0 Å². The van der Waals surface area contributed by atoms with E-state index >= 15 is 0 Å². The standard InChI is InChI=1S/C15H29NO2/c1-11-7-12(9-15(5,6)8-11)16-10-13(17)18-14(2,3)4/h11-12,16H,7-10H2,1-6H3. The second-order valence-corrected chi connectivity index (χ2v) is 7.58. The Morgan fingerprint density at radius 1 is 1.33 bits per heavy atom. The Morgan fingerprint density at radius 2 is 1.94 bits per heavy atom. The molecule has 0 aromatic carbocycles. The number of hydrogen-bond donors (Lipinski definition) is 1. The monoisotopic (exact) mass is 255 g/mol. The molecule has 0 amide bonds. The fraction of sp³-hybridized carbons (Fsp3) is 0.933. The summed E-state index contributed by atoms with van der Waals surface area (Å²) in [7, 11) is 0. The zero-order valence-corrected chi connectivity index (χ0v) is 12.8. The van der Waals surface area contributed by atoms with Crippen LogP contribution in [-0.4, -0.2) is 24.2 Å². The number of esters is 1. The van der Waals surface area contributed by atoms with E-state index in [4.69, 9.17) is 4.74 Å². The molecule has 1 N–H and O–H groups in total. The van der Waals surface area contributed by atoms with Gasteiger partial charge >= 0.3 is 5.97 Å². The van der Waals surface area contributed by atoms with Crippen molar-refractivity contribution in [1.82, 2.24) is 5.32 Å². The summed E-state index contributed by atoms with van der Waals surface area (Å²) in [5.74, 6) is 0.573. The number of rotatable bonds is 3. The number of nitrogens with one attached hydrogen (secondary N) is 1. The maximum absolute atomic E-state index is 11.7. The molecular formula is C15H29NO2. The van der Waals surface area contributed by atoms with Crippen molar-refractivity contribution in [2.24, 2.45) is 11.3 Å². The van der Waals surface area contributed by atoms with Gasteiger partial charge in [0.25, 0.3) is 0 Å². The summed E-state index contributed by atoms with van der Waals surface area (Å²) in [6.07, 6.45) is 3.57. The number of ether oxygens (including phenoxy) is 1. The highest BCUT2D eigenvalue weighted by atomic mass is 16.6. The van der Waals surface area contributed by atoms with Crippen LogP contribution in [0.2, 0.25) is 0 Å². The largest absolute Gasteiger partial charge is 0.459 e. The molecule has 0 heterocycles. The molecule has 18 heavy (non-hydrogen) atoms. The van der Waals surface area contributed by atoms with E-state index in [-0.39, 0.29) is 5.97 Å². The van der Waals surface area contributed by atoms with Crippen molar-refractivity contribution >= 4 is 5.97 Å². The van der Waals surface area contributed by atoms with Gasteiger partial charge < -0.3 is 10.1 Å². The summed E-state index contributed by atoms with van der Waals surface area (Å²) in [6, 6.07) is 0.441. The summed E-state index contributed by atoms with van der Waals surface area (Å²) in [6.45, 7) is 12.9. The minimum absolute atomic E-state index is 0.154. The summed E-state index contributed by atoms with van der Waals surface area (Å²) >= 11 is 0. The molecule has 1 rings (SSSR count). The molecule has 1 saturated carbocycles. The molecule has 1 aliphatic rings. The van der Waals surface area contributed by atoms with Crippen molar-refractivity contribution in [2.45, 2.75) is 72.4 Å². The van der Waals surface area contributed by atoms with Gasteiger partial charge in [0.05, 0.1) is 6.54 Å². The summed E-state index contributed by atoms with van der Waals surface area (Å²) < 4.78 is 5.31. The van der Waals surface area contributed by atoms with Crippen LogP contribution in [0.5, 0.6) is 0 Å². The zero-order valence-electron chi connectivity index (χ0n) is 12.8. The summed E-state index contributed by atoms with van der Waals surface area (Å²) in [5.41, 5.74) is -0.0127. The van der Waals surface area contributed by atoms with Crippen molar-refractivity contribution in [1.29, 1.82) is 0 Å². The molecular weight excluding hydrogens is 226 g/mol. The van der Waals surface area contributed by atoms with Gasteiger partial charge in [0.15, 0.2) is 0 Å². The van der Waals surface area contributed by atoms with Crippen LogP contribution in [0.15, 0.2) is 0 Å². The minimum atomic E-state index is -0.391. The van der Waals surface area contributed by atoms with Crippen molar-refractivity contribution in [2.75, 3.05) is 6.54 Å². The van der Waals surface area contributed by atoms with Crippen LogP contribution in [0.3, 0.4) is 0 Å². The number of carbonyl (C=O) groups is 1. The van der Waals surface area contributed by atoms with E-state index in [0.29, 0.717) is 18.0 Å². The first-order valence-corrected chi connectivity index (χ1v) is 7.03. The maximum atomic E-state index is 11.7. The molecule has 2 atom stereocenters. The highest BCUT2D eigenvalue weighted by Gasteiger charge is 2.32. The molecule has 3 nitrogen and oxygen atoms in total. The molecule has 1 fully saturated rings. The molecule has 3 heteroatoms. The first-order valence-electron chi connectivity index (χ1n) is 7.03. The minimum Gasteiger partial charge on any atom is -0.459 e. The van der Waals surface area contributed by atoms with Crippen LogP contribution in [0.25, 0.3) is 0 Å². The van der Waals surface area contributed by atoms with Crippen LogP contribution in [0.4, 0.5) is 0 Å². The van der Waals surface area contributed by atoms with Crippen molar-refractivity contribution in [3.63, 3.8) is 0 Å². The molecule has 2 unspecified atom stereocenters. The molecule has 0 aliphatic heterocycles. The summed E-state index contributed by atoms with van der Waals surface area (Å²) in [5, 5.41) is 3.36. The van der Waals surface area contributed by atoms with E-state index in [1.54, 1.807) is 0 Å². The van der Waals surface area contributed by atoms with Gasteiger partial charge in [-0.2, -0.15) is 0 Å². The lowest BCUT2D eigenvalue weighted by molar-refractivity contribution is -0.153. The molecule has 0 aromatic heterocycles. The van der Waals surface area contributed by atoms with Crippen LogP contribution < -0.4 is 5.32 Å². The highest BCUT2D eigenvalue weighted by Crippen LogP contribution is 2.38. The first-order chi connectivity index (χ1) is 8.07. The van der Waals surface area contributed by atoms with Gasteiger partial charge in [-0.1, -0.05) is 20.8 Å². The van der Waals surface area contributed by atoms with Gasteiger partial charge in [-0.15, -0.1) is 0 Å². The Hall–Kier alpha value is -0.570. The molecule has 106 valence electrons.